The van der Waals surface area contributed by atoms with Gasteiger partial charge >= 0.3 is 0 Å². The Balaban J connectivity index is 1.80. The molecule has 0 radical (unpaired) electrons. The maximum Gasteiger partial charge on any atom is 0.0731 e. The second-order valence-electron chi connectivity index (χ2n) is 3.98. The van der Waals surface area contributed by atoms with Crippen molar-refractivity contribution in [1.29, 1.82) is 0 Å². The first-order valence-corrected chi connectivity index (χ1v) is 6.52. The van der Waals surface area contributed by atoms with E-state index in [1.165, 1.54) is 0 Å². The highest BCUT2D eigenvalue weighted by molar-refractivity contribution is 9.10. The molecule has 16 heavy (non-hydrogen) atoms. The summed E-state index contributed by atoms with van der Waals surface area (Å²) < 4.78 is 11.9. The SMILES string of the molecule is Clc1cc(Br)ccc1COCC1CCOC1. The summed E-state index contributed by atoms with van der Waals surface area (Å²) >= 11 is 9.47. The molecule has 1 unspecified atom stereocenters. The molecule has 4 heteroatoms. The fourth-order valence-electron chi connectivity index (χ4n) is 1.69. The van der Waals surface area contributed by atoms with Crippen molar-refractivity contribution in [2.75, 3.05) is 19.8 Å². The van der Waals surface area contributed by atoms with Gasteiger partial charge in [0.2, 0.25) is 0 Å². The van der Waals surface area contributed by atoms with Gasteiger partial charge in [-0.15, -0.1) is 0 Å². The minimum Gasteiger partial charge on any atom is -0.381 e. The lowest BCUT2D eigenvalue weighted by Crippen LogP contribution is -2.09. The molecule has 0 amide bonds. The van der Waals surface area contributed by atoms with Gasteiger partial charge in [-0.05, 0) is 24.1 Å². The molecular weight excluding hydrogens is 291 g/mol. The van der Waals surface area contributed by atoms with Crippen molar-refractivity contribution < 1.29 is 9.47 Å². The van der Waals surface area contributed by atoms with Crippen molar-refractivity contribution in [1.82, 2.24) is 0 Å². The zero-order valence-electron chi connectivity index (χ0n) is 8.92. The molecule has 1 aromatic rings. The van der Waals surface area contributed by atoms with Crippen LogP contribution >= 0.6 is 27.5 Å². The van der Waals surface area contributed by atoms with Gasteiger partial charge in [0.05, 0.1) is 19.8 Å². The van der Waals surface area contributed by atoms with E-state index in [2.05, 4.69) is 15.9 Å². The fourth-order valence-corrected chi connectivity index (χ4v) is 2.42. The molecule has 1 aliphatic heterocycles. The second-order valence-corrected chi connectivity index (χ2v) is 5.30. The first kappa shape index (κ1) is 12.4. The lowest BCUT2D eigenvalue weighted by Gasteiger charge is -2.09. The lowest BCUT2D eigenvalue weighted by molar-refractivity contribution is 0.0792. The Morgan fingerprint density at radius 3 is 3.06 bits per heavy atom. The zero-order chi connectivity index (χ0) is 11.4. The molecule has 0 spiro atoms. The molecule has 0 saturated carbocycles. The largest absolute Gasteiger partial charge is 0.381 e. The predicted octanol–water partition coefficient (Wildman–Crippen LogP) is 3.66. The van der Waals surface area contributed by atoms with Crippen LogP contribution in [0.15, 0.2) is 22.7 Å². The van der Waals surface area contributed by atoms with Crippen LogP contribution in [0.3, 0.4) is 0 Å². The van der Waals surface area contributed by atoms with Gasteiger partial charge in [0.25, 0.3) is 0 Å². The normalized spacial score (nSPS) is 20.2. The van der Waals surface area contributed by atoms with Crippen molar-refractivity contribution in [2.24, 2.45) is 5.92 Å². The number of rotatable bonds is 4. The summed E-state index contributed by atoms with van der Waals surface area (Å²) in [4.78, 5) is 0. The molecule has 1 aromatic carbocycles. The molecule has 1 aliphatic rings. The fraction of sp³-hybridized carbons (Fsp3) is 0.500. The number of ether oxygens (including phenoxy) is 2. The summed E-state index contributed by atoms with van der Waals surface area (Å²) in [6.45, 7) is 3.02. The Hall–Kier alpha value is -0.0900. The van der Waals surface area contributed by atoms with Gasteiger partial charge in [-0.3, -0.25) is 0 Å². The Morgan fingerprint density at radius 2 is 2.38 bits per heavy atom. The minimum atomic E-state index is 0.550. The van der Waals surface area contributed by atoms with E-state index in [0.717, 1.165) is 41.3 Å². The zero-order valence-corrected chi connectivity index (χ0v) is 11.3. The standard InChI is InChI=1S/C12H14BrClO2/c13-11-2-1-10(12(14)5-11)8-16-7-9-3-4-15-6-9/h1-2,5,9H,3-4,6-8H2. The summed E-state index contributed by atoms with van der Waals surface area (Å²) in [5.74, 6) is 0.550. The summed E-state index contributed by atoms with van der Waals surface area (Å²) in [7, 11) is 0. The third kappa shape index (κ3) is 3.45. The first-order chi connectivity index (χ1) is 7.75. The Labute approximate surface area is 109 Å². The number of halogens is 2. The van der Waals surface area contributed by atoms with Crippen LogP contribution in [0.2, 0.25) is 5.02 Å². The van der Waals surface area contributed by atoms with Crippen molar-refractivity contribution >= 4 is 27.5 Å². The maximum absolute atomic E-state index is 6.09. The Kier molecular flexibility index (Phi) is 4.65. The van der Waals surface area contributed by atoms with Gasteiger partial charge in [-0.2, -0.15) is 0 Å². The van der Waals surface area contributed by atoms with E-state index >= 15 is 0 Å². The van der Waals surface area contributed by atoms with Crippen molar-refractivity contribution in [3.63, 3.8) is 0 Å². The lowest BCUT2D eigenvalue weighted by atomic mass is 10.1. The van der Waals surface area contributed by atoms with Crippen LogP contribution in [-0.4, -0.2) is 19.8 Å². The molecule has 2 nitrogen and oxygen atoms in total. The average molecular weight is 306 g/mol. The van der Waals surface area contributed by atoms with E-state index in [4.69, 9.17) is 21.1 Å². The van der Waals surface area contributed by atoms with E-state index in [1.807, 2.05) is 18.2 Å². The molecule has 0 aromatic heterocycles. The van der Waals surface area contributed by atoms with Gasteiger partial charge < -0.3 is 9.47 Å². The van der Waals surface area contributed by atoms with Gasteiger partial charge in [0.1, 0.15) is 0 Å². The molecule has 2 rings (SSSR count). The van der Waals surface area contributed by atoms with Crippen LogP contribution in [-0.2, 0) is 16.1 Å². The van der Waals surface area contributed by atoms with E-state index in [9.17, 15) is 0 Å². The topological polar surface area (TPSA) is 18.5 Å². The second kappa shape index (κ2) is 6.01. The number of hydrogen-bond donors (Lipinski definition) is 0. The summed E-state index contributed by atoms with van der Waals surface area (Å²) in [5.41, 5.74) is 1.03. The molecule has 1 atom stereocenters. The van der Waals surface area contributed by atoms with Crippen LogP contribution in [0.25, 0.3) is 0 Å². The molecule has 1 heterocycles. The monoisotopic (exact) mass is 304 g/mol. The highest BCUT2D eigenvalue weighted by atomic mass is 79.9. The number of hydrogen-bond acceptors (Lipinski definition) is 2. The van der Waals surface area contributed by atoms with Crippen LogP contribution in [0, 0.1) is 5.92 Å². The van der Waals surface area contributed by atoms with Gasteiger partial charge in [-0.1, -0.05) is 33.6 Å². The Bertz CT molecular complexity index is 351. The van der Waals surface area contributed by atoms with E-state index in [0.29, 0.717) is 12.5 Å². The van der Waals surface area contributed by atoms with Gasteiger partial charge in [-0.25, -0.2) is 0 Å². The third-order valence-corrected chi connectivity index (χ3v) is 3.50. The summed E-state index contributed by atoms with van der Waals surface area (Å²) in [6.07, 6.45) is 1.11. The summed E-state index contributed by atoms with van der Waals surface area (Å²) in [5, 5.41) is 0.747. The van der Waals surface area contributed by atoms with Crippen molar-refractivity contribution in [2.45, 2.75) is 13.0 Å². The third-order valence-electron chi connectivity index (χ3n) is 2.65. The molecular formula is C12H14BrClO2. The van der Waals surface area contributed by atoms with Crippen molar-refractivity contribution in [3.8, 4) is 0 Å². The molecule has 0 aliphatic carbocycles. The smallest absolute Gasteiger partial charge is 0.0731 e. The molecule has 0 N–H and O–H groups in total. The van der Waals surface area contributed by atoms with E-state index in [-0.39, 0.29) is 0 Å². The van der Waals surface area contributed by atoms with Crippen LogP contribution < -0.4 is 0 Å². The van der Waals surface area contributed by atoms with E-state index in [1.54, 1.807) is 0 Å². The predicted molar refractivity (Wildman–Crippen MR) is 67.7 cm³/mol. The van der Waals surface area contributed by atoms with Crippen LogP contribution in [0.5, 0.6) is 0 Å². The summed E-state index contributed by atoms with van der Waals surface area (Å²) in [6, 6.07) is 5.85. The quantitative estimate of drug-likeness (QED) is 0.845. The van der Waals surface area contributed by atoms with Gasteiger partial charge in [0, 0.05) is 22.0 Å². The minimum absolute atomic E-state index is 0.550. The van der Waals surface area contributed by atoms with E-state index < -0.39 is 0 Å². The molecule has 1 saturated heterocycles. The maximum atomic E-state index is 6.09. The van der Waals surface area contributed by atoms with Gasteiger partial charge in [0.15, 0.2) is 0 Å². The highest BCUT2D eigenvalue weighted by Crippen LogP contribution is 2.22. The van der Waals surface area contributed by atoms with Crippen molar-refractivity contribution in [3.05, 3.63) is 33.3 Å². The molecule has 88 valence electrons. The van der Waals surface area contributed by atoms with Crippen LogP contribution in [0.1, 0.15) is 12.0 Å². The van der Waals surface area contributed by atoms with Crippen LogP contribution in [0.4, 0.5) is 0 Å². The highest BCUT2D eigenvalue weighted by Gasteiger charge is 2.15. The number of benzene rings is 1. The average Bonchev–Trinajstić information content (AvgIpc) is 2.74. The molecule has 0 bridgehead atoms. The first-order valence-electron chi connectivity index (χ1n) is 5.35. The molecule has 1 fully saturated rings. The Morgan fingerprint density at radius 1 is 1.50 bits per heavy atom.